The third-order valence-corrected chi connectivity index (χ3v) is 1.22. The molecule has 0 aromatic rings. The Morgan fingerprint density at radius 2 is 2.33 bits per heavy atom. The minimum Gasteiger partial charge on any atom is -0.433 e. The van der Waals surface area contributed by atoms with Crippen molar-refractivity contribution in [1.29, 1.82) is 0 Å². The molecule has 0 saturated heterocycles. The molecule has 1 nitrogen and oxygen atoms in total. The maximum atomic E-state index is 4.73. The summed E-state index contributed by atoms with van der Waals surface area (Å²) < 4.78 is 4.73. The molecule has 2 heteroatoms. The van der Waals surface area contributed by atoms with E-state index in [2.05, 4.69) is 0 Å². The van der Waals surface area contributed by atoms with Gasteiger partial charge in [0.1, 0.15) is 5.76 Å². The first-order chi connectivity index (χ1) is 2.81. The highest BCUT2D eigenvalue weighted by atomic mass is 127. The van der Waals surface area contributed by atoms with Crippen LogP contribution < -0.4 is 0 Å². The summed E-state index contributed by atoms with van der Waals surface area (Å²) in [6.07, 6.45) is 1.91. The molecular formula is C4H7IO. The summed E-state index contributed by atoms with van der Waals surface area (Å²) in [6.45, 7) is 3.85. The van der Waals surface area contributed by atoms with E-state index in [1.165, 1.54) is 0 Å². The number of halogens is 1. The minimum atomic E-state index is 0.954. The molecule has 0 aromatic carbocycles. The third-order valence-electron chi connectivity index (χ3n) is 0.528. The lowest BCUT2D eigenvalue weighted by atomic mass is 10.5. The van der Waals surface area contributed by atoms with Crippen molar-refractivity contribution in [3.63, 3.8) is 0 Å². The molecule has 0 rings (SSSR count). The van der Waals surface area contributed by atoms with Gasteiger partial charge in [-0.25, -0.2) is 0 Å². The van der Waals surface area contributed by atoms with Gasteiger partial charge in [-0.1, -0.05) is 0 Å². The molecule has 0 amide bonds. The molecule has 0 aromatic heterocycles. The van der Waals surface area contributed by atoms with Crippen LogP contribution in [0.2, 0.25) is 0 Å². The Morgan fingerprint density at radius 3 is 2.33 bits per heavy atom. The van der Waals surface area contributed by atoms with Gasteiger partial charge in [-0.3, -0.25) is 0 Å². The predicted molar refractivity (Wildman–Crippen MR) is 34.5 cm³/mol. The summed E-state index contributed by atoms with van der Waals surface area (Å²) >= 11 is 1.85. The average molecular weight is 198 g/mol. The third kappa shape index (κ3) is 2.50. The molecule has 0 aliphatic rings. The summed E-state index contributed by atoms with van der Waals surface area (Å²) in [6, 6.07) is 0. The maximum absolute atomic E-state index is 4.73. The summed E-state index contributed by atoms with van der Waals surface area (Å²) in [5.74, 6) is 0.954. The van der Waals surface area contributed by atoms with Crippen molar-refractivity contribution >= 4 is 23.0 Å². The molecule has 0 bridgehead atoms. The molecule has 0 heterocycles. The largest absolute Gasteiger partial charge is 0.433 e. The first-order valence-corrected chi connectivity index (χ1v) is 2.61. The van der Waals surface area contributed by atoms with Crippen molar-refractivity contribution < 1.29 is 3.07 Å². The Kier molecular flexibility index (Phi) is 3.62. The Morgan fingerprint density at radius 1 is 1.83 bits per heavy atom. The van der Waals surface area contributed by atoms with Crippen LogP contribution in [0.3, 0.4) is 0 Å². The van der Waals surface area contributed by atoms with E-state index in [9.17, 15) is 0 Å². The number of allylic oxidation sites excluding steroid dienone is 2. The monoisotopic (exact) mass is 198 g/mol. The van der Waals surface area contributed by atoms with Gasteiger partial charge in [0.25, 0.3) is 0 Å². The highest BCUT2D eigenvalue weighted by Crippen LogP contribution is 1.98. The van der Waals surface area contributed by atoms with Crippen LogP contribution in [-0.4, -0.2) is 0 Å². The molecule has 6 heavy (non-hydrogen) atoms. The van der Waals surface area contributed by atoms with Gasteiger partial charge in [0, 0.05) is 0 Å². The topological polar surface area (TPSA) is 9.23 Å². The SMILES string of the molecule is C/C=C(\C)OI. The van der Waals surface area contributed by atoms with Gasteiger partial charge < -0.3 is 3.07 Å². The second kappa shape index (κ2) is 3.46. The fourth-order valence-electron chi connectivity index (χ4n) is 0.0445. The fraction of sp³-hybridized carbons (Fsp3) is 0.500. The van der Waals surface area contributed by atoms with E-state index in [-0.39, 0.29) is 0 Å². The van der Waals surface area contributed by atoms with E-state index in [0.717, 1.165) is 5.76 Å². The average Bonchev–Trinajstić information content (AvgIpc) is 1.65. The molecule has 0 atom stereocenters. The van der Waals surface area contributed by atoms with Crippen molar-refractivity contribution in [2.24, 2.45) is 0 Å². The molecule has 0 saturated carbocycles. The van der Waals surface area contributed by atoms with Crippen LogP contribution in [0.15, 0.2) is 11.8 Å². The lowest BCUT2D eigenvalue weighted by molar-refractivity contribution is 0.563. The molecule has 36 valence electrons. The highest BCUT2D eigenvalue weighted by Gasteiger charge is 1.74. The van der Waals surface area contributed by atoms with Crippen molar-refractivity contribution in [2.45, 2.75) is 13.8 Å². The number of hydrogen-bond acceptors (Lipinski definition) is 1. The van der Waals surface area contributed by atoms with Gasteiger partial charge in [0.15, 0.2) is 23.0 Å². The molecule has 0 radical (unpaired) electrons. The zero-order valence-corrected chi connectivity index (χ0v) is 6.02. The number of rotatable bonds is 1. The lowest BCUT2D eigenvalue weighted by Gasteiger charge is -1.87. The van der Waals surface area contributed by atoms with Crippen LogP contribution in [-0.2, 0) is 3.07 Å². The lowest BCUT2D eigenvalue weighted by Crippen LogP contribution is -1.65. The Labute approximate surface area is 52.1 Å². The van der Waals surface area contributed by atoms with Crippen LogP contribution in [0, 0.1) is 0 Å². The van der Waals surface area contributed by atoms with Crippen LogP contribution in [0.5, 0.6) is 0 Å². The Bertz CT molecular complexity index is 58.6. The quantitative estimate of drug-likeness (QED) is 0.463. The van der Waals surface area contributed by atoms with Crippen molar-refractivity contribution in [1.82, 2.24) is 0 Å². The maximum Gasteiger partial charge on any atom is 0.192 e. The van der Waals surface area contributed by atoms with E-state index >= 15 is 0 Å². The fourth-order valence-corrected chi connectivity index (χ4v) is 0.299. The first-order valence-electron chi connectivity index (χ1n) is 1.72. The van der Waals surface area contributed by atoms with E-state index < -0.39 is 0 Å². The zero-order chi connectivity index (χ0) is 4.99. The summed E-state index contributed by atoms with van der Waals surface area (Å²) in [7, 11) is 0. The van der Waals surface area contributed by atoms with E-state index in [1.54, 1.807) is 0 Å². The zero-order valence-electron chi connectivity index (χ0n) is 3.86. The van der Waals surface area contributed by atoms with Gasteiger partial charge in [-0.05, 0) is 19.9 Å². The number of hydrogen-bond donors (Lipinski definition) is 0. The van der Waals surface area contributed by atoms with Gasteiger partial charge in [-0.2, -0.15) is 0 Å². The van der Waals surface area contributed by atoms with Gasteiger partial charge in [0.2, 0.25) is 0 Å². The van der Waals surface area contributed by atoms with Crippen LogP contribution >= 0.6 is 23.0 Å². The van der Waals surface area contributed by atoms with E-state index in [4.69, 9.17) is 3.07 Å². The van der Waals surface area contributed by atoms with E-state index in [1.807, 2.05) is 42.9 Å². The second-order valence-electron chi connectivity index (χ2n) is 0.976. The Balaban J connectivity index is 3.22. The van der Waals surface area contributed by atoms with Crippen LogP contribution in [0.4, 0.5) is 0 Å². The van der Waals surface area contributed by atoms with Crippen molar-refractivity contribution in [3.05, 3.63) is 11.8 Å². The van der Waals surface area contributed by atoms with Crippen LogP contribution in [0.25, 0.3) is 0 Å². The highest BCUT2D eigenvalue weighted by molar-refractivity contribution is 14.1. The van der Waals surface area contributed by atoms with Gasteiger partial charge in [-0.15, -0.1) is 0 Å². The standard InChI is InChI=1S/C4H7IO/c1-3-4(2)6-5/h3H,1-2H3/b4-3+. The molecule has 0 aliphatic heterocycles. The minimum absolute atomic E-state index is 0.954. The molecule has 0 unspecified atom stereocenters. The summed E-state index contributed by atoms with van der Waals surface area (Å²) in [5.41, 5.74) is 0. The van der Waals surface area contributed by atoms with Gasteiger partial charge >= 0.3 is 0 Å². The van der Waals surface area contributed by atoms with E-state index in [0.29, 0.717) is 0 Å². The first kappa shape index (κ1) is 6.27. The summed E-state index contributed by atoms with van der Waals surface area (Å²) in [4.78, 5) is 0. The Hall–Kier alpha value is 0.270. The van der Waals surface area contributed by atoms with Gasteiger partial charge in [0.05, 0.1) is 0 Å². The second-order valence-corrected chi connectivity index (χ2v) is 1.42. The molecule has 0 spiro atoms. The summed E-state index contributed by atoms with van der Waals surface area (Å²) in [5, 5.41) is 0. The van der Waals surface area contributed by atoms with Crippen molar-refractivity contribution in [3.8, 4) is 0 Å². The van der Waals surface area contributed by atoms with Crippen molar-refractivity contribution in [2.75, 3.05) is 0 Å². The normalized spacial score (nSPS) is 11.5. The predicted octanol–water partition coefficient (Wildman–Crippen LogP) is 2.28. The smallest absolute Gasteiger partial charge is 0.192 e. The molecule has 0 fully saturated rings. The van der Waals surface area contributed by atoms with Crippen LogP contribution in [0.1, 0.15) is 13.8 Å². The molecular weight excluding hydrogens is 191 g/mol. The molecule has 0 aliphatic carbocycles. The molecule has 0 N–H and O–H groups in total.